The van der Waals surface area contributed by atoms with Crippen LogP contribution in [0.15, 0.2) is 35.4 Å². The van der Waals surface area contributed by atoms with Crippen molar-refractivity contribution in [2.75, 3.05) is 48.8 Å². The monoisotopic (exact) mass is 386 g/mol. The molecular weight excluding hydrogens is 356 g/mol. The van der Waals surface area contributed by atoms with Crippen molar-refractivity contribution in [1.29, 1.82) is 0 Å². The van der Waals surface area contributed by atoms with Gasteiger partial charge in [0.2, 0.25) is 5.95 Å². The summed E-state index contributed by atoms with van der Waals surface area (Å²) in [4.78, 5) is 12.1. The van der Waals surface area contributed by atoms with Crippen LogP contribution in [0.4, 0.5) is 23.1 Å². The zero-order valence-corrected chi connectivity index (χ0v) is 17.4. The minimum atomic E-state index is 0.361. The Kier molecular flexibility index (Phi) is 10.8. The standard InChI is InChI=1S/C18H24N6S.C2H6/c1-4-10-20-17-16(19)13-21-18(23-17)22-14-6-8-15(9-7-14)25-12-11-24(3)5-2;1-2/h1,6-9,13H,5,10-12,19H2,2-3H3,(H2,20,21,22,23);1-2H3. The third-order valence-corrected chi connectivity index (χ3v) is 4.56. The van der Waals surface area contributed by atoms with E-state index in [0.29, 0.717) is 24.0 Å². The Morgan fingerprint density at radius 1 is 1.26 bits per heavy atom. The van der Waals surface area contributed by atoms with Gasteiger partial charge in [0.15, 0.2) is 5.82 Å². The van der Waals surface area contributed by atoms with Crippen LogP contribution in [0.2, 0.25) is 0 Å². The fraction of sp³-hybridized carbons (Fsp3) is 0.400. The zero-order valence-electron chi connectivity index (χ0n) is 16.6. The first-order valence-corrected chi connectivity index (χ1v) is 10.1. The lowest BCUT2D eigenvalue weighted by Gasteiger charge is -2.13. The van der Waals surface area contributed by atoms with Gasteiger partial charge in [0, 0.05) is 22.9 Å². The van der Waals surface area contributed by atoms with E-state index in [2.05, 4.69) is 57.5 Å². The summed E-state index contributed by atoms with van der Waals surface area (Å²) in [5.41, 5.74) is 7.21. The van der Waals surface area contributed by atoms with Gasteiger partial charge in [-0.25, -0.2) is 4.98 Å². The number of nitrogens with one attached hydrogen (secondary N) is 2. The molecule has 1 aromatic heterocycles. The fourth-order valence-corrected chi connectivity index (χ4v) is 2.94. The van der Waals surface area contributed by atoms with Gasteiger partial charge in [-0.3, -0.25) is 0 Å². The molecule has 0 atom stereocenters. The topological polar surface area (TPSA) is 79.1 Å². The number of terminal acetylenes is 1. The maximum Gasteiger partial charge on any atom is 0.229 e. The van der Waals surface area contributed by atoms with Crippen molar-refractivity contribution < 1.29 is 0 Å². The van der Waals surface area contributed by atoms with Crippen molar-refractivity contribution in [3.63, 3.8) is 0 Å². The first-order valence-electron chi connectivity index (χ1n) is 9.10. The van der Waals surface area contributed by atoms with Gasteiger partial charge in [-0.2, -0.15) is 4.98 Å². The predicted molar refractivity (Wildman–Crippen MR) is 119 cm³/mol. The molecule has 1 aromatic carbocycles. The second kappa shape index (κ2) is 12.8. The van der Waals surface area contributed by atoms with Crippen molar-refractivity contribution in [2.45, 2.75) is 25.7 Å². The van der Waals surface area contributed by atoms with E-state index in [-0.39, 0.29) is 0 Å². The number of nitrogen functional groups attached to an aromatic ring is 1. The Hall–Kier alpha value is -2.43. The van der Waals surface area contributed by atoms with E-state index in [0.717, 1.165) is 24.5 Å². The Morgan fingerprint density at radius 3 is 2.59 bits per heavy atom. The maximum atomic E-state index is 5.83. The molecule has 7 heteroatoms. The Bertz CT molecular complexity index is 711. The van der Waals surface area contributed by atoms with Crippen LogP contribution in [-0.4, -0.2) is 47.3 Å². The number of benzene rings is 1. The van der Waals surface area contributed by atoms with Gasteiger partial charge < -0.3 is 21.3 Å². The quantitative estimate of drug-likeness (QED) is 0.445. The second-order valence-electron chi connectivity index (χ2n) is 5.45. The summed E-state index contributed by atoms with van der Waals surface area (Å²) in [6.07, 6.45) is 6.80. The van der Waals surface area contributed by atoms with Crippen LogP contribution in [0.3, 0.4) is 0 Å². The Morgan fingerprint density at radius 2 is 1.96 bits per heavy atom. The van der Waals surface area contributed by atoms with Crippen LogP contribution in [0.25, 0.3) is 0 Å². The minimum absolute atomic E-state index is 0.361. The highest BCUT2D eigenvalue weighted by Gasteiger charge is 2.05. The lowest BCUT2D eigenvalue weighted by atomic mass is 10.3. The molecule has 0 bridgehead atoms. The van der Waals surface area contributed by atoms with Crippen LogP contribution in [0.5, 0.6) is 0 Å². The van der Waals surface area contributed by atoms with E-state index >= 15 is 0 Å². The molecule has 4 N–H and O–H groups in total. The molecular formula is C20H30N6S. The molecule has 0 saturated carbocycles. The molecule has 27 heavy (non-hydrogen) atoms. The van der Waals surface area contributed by atoms with E-state index in [1.807, 2.05) is 37.7 Å². The first-order chi connectivity index (χ1) is 13.1. The molecule has 1 heterocycles. The highest BCUT2D eigenvalue weighted by molar-refractivity contribution is 7.99. The van der Waals surface area contributed by atoms with Gasteiger partial charge in [-0.15, -0.1) is 18.2 Å². The molecule has 146 valence electrons. The Labute approximate surface area is 167 Å². The highest BCUT2D eigenvalue weighted by Crippen LogP contribution is 2.23. The summed E-state index contributed by atoms with van der Waals surface area (Å²) >= 11 is 1.85. The van der Waals surface area contributed by atoms with Crippen molar-refractivity contribution in [3.05, 3.63) is 30.5 Å². The van der Waals surface area contributed by atoms with E-state index < -0.39 is 0 Å². The number of aromatic nitrogens is 2. The van der Waals surface area contributed by atoms with Crippen LogP contribution in [0.1, 0.15) is 20.8 Å². The van der Waals surface area contributed by atoms with Gasteiger partial charge in [0.25, 0.3) is 0 Å². The van der Waals surface area contributed by atoms with Gasteiger partial charge in [0.1, 0.15) is 0 Å². The number of hydrogen-bond acceptors (Lipinski definition) is 7. The summed E-state index contributed by atoms with van der Waals surface area (Å²) < 4.78 is 0. The summed E-state index contributed by atoms with van der Waals surface area (Å²) in [7, 11) is 2.13. The number of nitrogens with two attached hydrogens (primary N) is 1. The zero-order chi connectivity index (χ0) is 20.1. The molecule has 0 fully saturated rings. The normalized spacial score (nSPS) is 9.93. The molecule has 0 aliphatic rings. The average molecular weight is 387 g/mol. The van der Waals surface area contributed by atoms with Gasteiger partial charge in [0.05, 0.1) is 18.4 Å². The van der Waals surface area contributed by atoms with Crippen LogP contribution in [0, 0.1) is 12.3 Å². The summed E-state index contributed by atoms with van der Waals surface area (Å²) in [5, 5.41) is 6.15. The van der Waals surface area contributed by atoms with Crippen LogP contribution >= 0.6 is 11.8 Å². The van der Waals surface area contributed by atoms with Gasteiger partial charge >= 0.3 is 0 Å². The molecule has 2 aromatic rings. The SMILES string of the molecule is C#CCNc1nc(Nc2ccc(SCCN(C)CC)cc2)ncc1N.CC. The predicted octanol–water partition coefficient (Wildman–Crippen LogP) is 3.92. The molecule has 0 spiro atoms. The molecule has 0 unspecified atom stereocenters. The van der Waals surface area contributed by atoms with E-state index in [4.69, 9.17) is 12.2 Å². The smallest absolute Gasteiger partial charge is 0.229 e. The molecule has 0 radical (unpaired) electrons. The Balaban J connectivity index is 0.00000176. The number of nitrogens with zero attached hydrogens (tertiary/aromatic N) is 3. The molecule has 0 amide bonds. The summed E-state index contributed by atoms with van der Waals surface area (Å²) in [6.45, 7) is 8.68. The van der Waals surface area contributed by atoms with Gasteiger partial charge in [-0.1, -0.05) is 26.7 Å². The van der Waals surface area contributed by atoms with Crippen molar-refractivity contribution in [2.24, 2.45) is 0 Å². The number of thioether (sulfide) groups is 1. The number of rotatable bonds is 9. The largest absolute Gasteiger partial charge is 0.394 e. The second-order valence-corrected chi connectivity index (χ2v) is 6.62. The lowest BCUT2D eigenvalue weighted by molar-refractivity contribution is 0.376. The molecule has 6 nitrogen and oxygen atoms in total. The average Bonchev–Trinajstić information content (AvgIpc) is 2.71. The fourth-order valence-electron chi connectivity index (χ4n) is 1.97. The maximum absolute atomic E-state index is 5.83. The third-order valence-electron chi connectivity index (χ3n) is 3.57. The van der Waals surface area contributed by atoms with Crippen molar-refractivity contribution >= 4 is 34.9 Å². The van der Waals surface area contributed by atoms with E-state index in [1.165, 1.54) is 4.90 Å². The minimum Gasteiger partial charge on any atom is -0.394 e. The molecule has 2 rings (SSSR count). The van der Waals surface area contributed by atoms with Crippen LogP contribution < -0.4 is 16.4 Å². The van der Waals surface area contributed by atoms with Crippen LogP contribution in [-0.2, 0) is 0 Å². The summed E-state index contributed by atoms with van der Waals surface area (Å²) in [6, 6.07) is 8.21. The molecule has 0 aliphatic carbocycles. The lowest BCUT2D eigenvalue weighted by Crippen LogP contribution is -2.20. The van der Waals surface area contributed by atoms with Crippen molar-refractivity contribution in [1.82, 2.24) is 14.9 Å². The molecule has 0 aliphatic heterocycles. The number of anilines is 4. The third kappa shape index (κ3) is 8.20. The first kappa shape index (κ1) is 22.6. The highest BCUT2D eigenvalue weighted by atomic mass is 32.2. The van der Waals surface area contributed by atoms with Crippen molar-refractivity contribution in [3.8, 4) is 12.3 Å². The molecule has 0 saturated heterocycles. The van der Waals surface area contributed by atoms with E-state index in [9.17, 15) is 0 Å². The van der Waals surface area contributed by atoms with E-state index in [1.54, 1.807) is 6.20 Å². The summed E-state index contributed by atoms with van der Waals surface area (Å²) in [5.74, 6) is 4.57. The van der Waals surface area contributed by atoms with Gasteiger partial charge in [-0.05, 0) is 37.9 Å². The number of hydrogen-bond donors (Lipinski definition) is 3.